The van der Waals surface area contributed by atoms with Crippen molar-refractivity contribution in [3.05, 3.63) is 23.8 Å². The summed E-state index contributed by atoms with van der Waals surface area (Å²) in [6.07, 6.45) is 0.189. The van der Waals surface area contributed by atoms with Crippen LogP contribution in [0.4, 0.5) is 10.6 Å². The maximum atomic E-state index is 13.3. The van der Waals surface area contributed by atoms with Crippen molar-refractivity contribution in [1.29, 1.82) is 5.26 Å². The minimum Gasteiger partial charge on any atom is -0.444 e. The number of anilines is 1. The fraction of sp³-hybridized carbons (Fsp3) is 0.600. The topological polar surface area (TPSA) is 106 Å². The van der Waals surface area contributed by atoms with Crippen molar-refractivity contribution >= 4 is 40.5 Å². The highest BCUT2D eigenvalue weighted by Crippen LogP contribution is 2.31. The van der Waals surface area contributed by atoms with Gasteiger partial charge in [-0.15, -0.1) is 11.8 Å². The summed E-state index contributed by atoms with van der Waals surface area (Å²) in [6, 6.07) is 7.08. The standard InChI is InChI=1S/C25H32N6O4S/c1-25(2,3)34-24(33)31-15-18(13-20(31)23(32)30-10-11-36-16-30)28-6-8-29(9-7-28)22-19-12-17(14-26)4-5-21(19)35-27-22/h4-5,12,18,20H,6-11,13,15-16H2,1-3H3/t18-,20-/m0/s1. The molecule has 0 bridgehead atoms. The van der Waals surface area contributed by atoms with E-state index >= 15 is 0 Å². The average Bonchev–Trinajstić information content (AvgIpc) is 3.62. The van der Waals surface area contributed by atoms with Gasteiger partial charge in [0.25, 0.3) is 0 Å². The number of rotatable bonds is 3. The molecule has 0 radical (unpaired) electrons. The summed E-state index contributed by atoms with van der Waals surface area (Å²) in [5, 5.41) is 14.4. The van der Waals surface area contributed by atoms with Gasteiger partial charge < -0.3 is 19.1 Å². The molecule has 0 spiro atoms. The summed E-state index contributed by atoms with van der Waals surface area (Å²) in [7, 11) is 0. The number of piperazine rings is 1. The number of hydrogen-bond acceptors (Lipinski definition) is 9. The van der Waals surface area contributed by atoms with Gasteiger partial charge in [0.15, 0.2) is 11.4 Å². The molecular weight excluding hydrogens is 480 g/mol. The maximum Gasteiger partial charge on any atom is 0.411 e. The molecule has 1 aromatic heterocycles. The van der Waals surface area contributed by atoms with Gasteiger partial charge in [-0.1, -0.05) is 5.16 Å². The smallest absolute Gasteiger partial charge is 0.411 e. The number of ether oxygens (including phenoxy) is 1. The van der Waals surface area contributed by atoms with Crippen LogP contribution in [0, 0.1) is 11.3 Å². The zero-order valence-electron chi connectivity index (χ0n) is 21.0. The van der Waals surface area contributed by atoms with Crippen molar-refractivity contribution in [2.45, 2.75) is 44.9 Å². The lowest BCUT2D eigenvalue weighted by Crippen LogP contribution is -2.51. The first-order valence-corrected chi connectivity index (χ1v) is 13.5. The molecule has 2 amide bonds. The molecule has 5 rings (SSSR count). The molecule has 3 aliphatic rings. The SMILES string of the molecule is CC(C)(C)OC(=O)N1C[C@@H](N2CCN(c3noc4ccc(C#N)cc34)CC2)C[C@H]1C(=O)N1CCSC1. The first kappa shape index (κ1) is 24.7. The van der Waals surface area contributed by atoms with Crippen LogP contribution in [0.2, 0.25) is 0 Å². The number of fused-ring (bicyclic) bond motifs is 1. The molecule has 3 saturated heterocycles. The molecule has 192 valence electrons. The van der Waals surface area contributed by atoms with E-state index in [0.717, 1.165) is 49.7 Å². The molecule has 1 aromatic carbocycles. The molecule has 0 saturated carbocycles. The number of carbonyl (C=O) groups excluding carboxylic acids is 2. The molecule has 0 N–H and O–H groups in total. The van der Waals surface area contributed by atoms with Gasteiger partial charge in [0.05, 0.1) is 22.9 Å². The number of benzene rings is 1. The molecule has 4 heterocycles. The zero-order valence-corrected chi connectivity index (χ0v) is 21.8. The Hall–Kier alpha value is -2.97. The van der Waals surface area contributed by atoms with Gasteiger partial charge in [-0.25, -0.2) is 4.79 Å². The molecule has 0 unspecified atom stereocenters. The molecule has 10 nitrogen and oxygen atoms in total. The number of aromatic nitrogens is 1. The fourth-order valence-corrected chi connectivity index (χ4v) is 6.11. The number of amides is 2. The van der Waals surface area contributed by atoms with Gasteiger partial charge in [0.1, 0.15) is 11.6 Å². The Balaban J connectivity index is 1.28. The molecule has 3 fully saturated rings. The molecule has 3 aliphatic heterocycles. The van der Waals surface area contributed by atoms with E-state index < -0.39 is 17.7 Å². The number of nitriles is 1. The van der Waals surface area contributed by atoms with Gasteiger partial charge in [-0.3, -0.25) is 14.6 Å². The van der Waals surface area contributed by atoms with Crippen molar-refractivity contribution in [3.8, 4) is 6.07 Å². The second kappa shape index (κ2) is 9.82. The fourth-order valence-electron chi connectivity index (χ4n) is 5.16. The van der Waals surface area contributed by atoms with Gasteiger partial charge in [-0.05, 0) is 45.4 Å². The molecule has 11 heteroatoms. The van der Waals surface area contributed by atoms with Crippen LogP contribution in [-0.2, 0) is 9.53 Å². The van der Waals surface area contributed by atoms with Crippen molar-refractivity contribution in [2.75, 3.05) is 55.8 Å². The molecule has 36 heavy (non-hydrogen) atoms. The van der Waals surface area contributed by atoms with Crippen molar-refractivity contribution in [2.24, 2.45) is 0 Å². The van der Waals surface area contributed by atoms with Gasteiger partial charge in [0, 0.05) is 51.1 Å². The third kappa shape index (κ3) is 4.97. The lowest BCUT2D eigenvalue weighted by molar-refractivity contribution is -0.134. The Morgan fingerprint density at radius 3 is 2.64 bits per heavy atom. The number of thioether (sulfide) groups is 1. The lowest BCUT2D eigenvalue weighted by atomic mass is 10.1. The average molecular weight is 513 g/mol. The normalized spacial score (nSPS) is 23.3. The first-order valence-electron chi connectivity index (χ1n) is 12.4. The Bertz CT molecular complexity index is 1170. The third-order valence-electron chi connectivity index (χ3n) is 6.97. The summed E-state index contributed by atoms with van der Waals surface area (Å²) in [4.78, 5) is 34.4. The summed E-state index contributed by atoms with van der Waals surface area (Å²) in [6.45, 7) is 9.77. The summed E-state index contributed by atoms with van der Waals surface area (Å²) >= 11 is 1.74. The summed E-state index contributed by atoms with van der Waals surface area (Å²) in [5.41, 5.74) is 0.617. The summed E-state index contributed by atoms with van der Waals surface area (Å²) < 4.78 is 11.1. The van der Waals surface area contributed by atoms with Crippen LogP contribution < -0.4 is 4.90 Å². The van der Waals surface area contributed by atoms with E-state index in [0.29, 0.717) is 30.0 Å². The minimum atomic E-state index is -0.621. The lowest BCUT2D eigenvalue weighted by Gasteiger charge is -2.38. The quantitative estimate of drug-likeness (QED) is 0.614. The third-order valence-corrected chi connectivity index (χ3v) is 7.93. The van der Waals surface area contributed by atoms with E-state index in [9.17, 15) is 14.9 Å². The highest BCUT2D eigenvalue weighted by Gasteiger charge is 2.45. The Kier molecular flexibility index (Phi) is 6.74. The highest BCUT2D eigenvalue weighted by atomic mass is 32.2. The predicted octanol–water partition coefficient (Wildman–Crippen LogP) is 2.73. The Morgan fingerprint density at radius 1 is 1.19 bits per heavy atom. The Morgan fingerprint density at radius 2 is 1.97 bits per heavy atom. The van der Waals surface area contributed by atoms with Crippen molar-refractivity contribution < 1.29 is 18.8 Å². The van der Waals surface area contributed by atoms with Gasteiger partial charge in [-0.2, -0.15) is 5.26 Å². The second-order valence-electron chi connectivity index (χ2n) is 10.5. The van der Waals surface area contributed by atoms with E-state index in [-0.39, 0.29) is 11.9 Å². The van der Waals surface area contributed by atoms with E-state index in [1.165, 1.54) is 0 Å². The van der Waals surface area contributed by atoms with Crippen molar-refractivity contribution in [3.63, 3.8) is 0 Å². The Labute approximate surface area is 215 Å². The molecule has 0 aliphatic carbocycles. The zero-order chi connectivity index (χ0) is 25.4. The van der Waals surface area contributed by atoms with E-state index in [4.69, 9.17) is 9.26 Å². The van der Waals surface area contributed by atoms with Gasteiger partial charge in [0.2, 0.25) is 5.91 Å². The van der Waals surface area contributed by atoms with Crippen LogP contribution in [0.25, 0.3) is 11.0 Å². The van der Waals surface area contributed by atoms with Gasteiger partial charge >= 0.3 is 6.09 Å². The molecule has 2 aromatic rings. The largest absolute Gasteiger partial charge is 0.444 e. The van der Waals surface area contributed by atoms with E-state index in [1.54, 1.807) is 28.8 Å². The molecular formula is C25H32N6O4S. The van der Waals surface area contributed by atoms with E-state index in [2.05, 4.69) is 21.0 Å². The van der Waals surface area contributed by atoms with Crippen molar-refractivity contribution in [1.82, 2.24) is 19.9 Å². The first-order chi connectivity index (χ1) is 17.2. The van der Waals surface area contributed by atoms with E-state index in [1.807, 2.05) is 31.7 Å². The maximum absolute atomic E-state index is 13.3. The van der Waals surface area contributed by atoms with Crippen LogP contribution in [0.5, 0.6) is 0 Å². The van der Waals surface area contributed by atoms with Crippen LogP contribution in [0.1, 0.15) is 32.8 Å². The van der Waals surface area contributed by atoms with Crippen LogP contribution in [0.3, 0.4) is 0 Å². The number of carbonyl (C=O) groups is 2. The summed E-state index contributed by atoms with van der Waals surface area (Å²) in [5.74, 6) is 2.39. The second-order valence-corrected chi connectivity index (χ2v) is 11.6. The predicted molar refractivity (Wildman–Crippen MR) is 137 cm³/mol. The number of likely N-dealkylation sites (tertiary alicyclic amines) is 1. The van der Waals surface area contributed by atoms with Crippen LogP contribution in [0.15, 0.2) is 22.7 Å². The van der Waals surface area contributed by atoms with Crippen LogP contribution in [-0.4, -0.2) is 100 Å². The molecule has 2 atom stereocenters. The number of nitrogens with zero attached hydrogens (tertiary/aromatic N) is 6. The minimum absolute atomic E-state index is 0.0226. The van der Waals surface area contributed by atoms with Crippen LogP contribution >= 0.6 is 11.8 Å². The monoisotopic (exact) mass is 512 g/mol. The highest BCUT2D eigenvalue weighted by molar-refractivity contribution is 7.99. The number of hydrogen-bond donors (Lipinski definition) is 0.